The SMILES string of the molecule is COC(=O)c1ccc(NC(=O)CSc2nnc(-c3ccncc3)n2-c2ccc(C)cc2)cc1. The van der Waals surface area contributed by atoms with Crippen LogP contribution in [0.4, 0.5) is 5.69 Å². The monoisotopic (exact) mass is 459 g/mol. The Morgan fingerprint density at radius 1 is 0.970 bits per heavy atom. The van der Waals surface area contributed by atoms with Gasteiger partial charge < -0.3 is 10.1 Å². The lowest BCUT2D eigenvalue weighted by Crippen LogP contribution is -2.14. The molecule has 1 amide bonds. The van der Waals surface area contributed by atoms with Crippen molar-refractivity contribution < 1.29 is 14.3 Å². The Morgan fingerprint density at radius 2 is 1.67 bits per heavy atom. The number of aromatic nitrogens is 4. The van der Waals surface area contributed by atoms with Gasteiger partial charge in [0.05, 0.1) is 18.4 Å². The van der Waals surface area contributed by atoms with Crippen molar-refractivity contribution in [2.75, 3.05) is 18.2 Å². The van der Waals surface area contributed by atoms with Gasteiger partial charge in [0.25, 0.3) is 0 Å². The smallest absolute Gasteiger partial charge is 0.337 e. The third kappa shape index (κ3) is 5.27. The minimum atomic E-state index is -0.427. The van der Waals surface area contributed by atoms with E-state index in [1.54, 1.807) is 36.7 Å². The maximum Gasteiger partial charge on any atom is 0.337 e. The molecular weight excluding hydrogens is 438 g/mol. The first kappa shape index (κ1) is 22.2. The summed E-state index contributed by atoms with van der Waals surface area (Å²) in [6, 6.07) is 18.3. The molecule has 0 aliphatic carbocycles. The van der Waals surface area contributed by atoms with Gasteiger partial charge in [-0.1, -0.05) is 29.5 Å². The molecule has 0 radical (unpaired) electrons. The Hall–Kier alpha value is -3.98. The summed E-state index contributed by atoms with van der Waals surface area (Å²) in [6.07, 6.45) is 3.41. The third-order valence-corrected chi connectivity index (χ3v) is 5.72. The summed E-state index contributed by atoms with van der Waals surface area (Å²) in [7, 11) is 1.32. The lowest BCUT2D eigenvalue weighted by Gasteiger charge is -2.11. The molecule has 2 heterocycles. The lowest BCUT2D eigenvalue weighted by atomic mass is 10.2. The molecule has 0 unspecified atom stereocenters. The van der Waals surface area contributed by atoms with Gasteiger partial charge in [0.15, 0.2) is 11.0 Å². The van der Waals surface area contributed by atoms with Crippen LogP contribution in [0.3, 0.4) is 0 Å². The van der Waals surface area contributed by atoms with Crippen LogP contribution in [-0.4, -0.2) is 44.5 Å². The Morgan fingerprint density at radius 3 is 2.33 bits per heavy atom. The Balaban J connectivity index is 1.52. The number of carbonyl (C=O) groups excluding carboxylic acids is 2. The maximum absolute atomic E-state index is 12.5. The molecule has 2 aromatic carbocycles. The van der Waals surface area contributed by atoms with Gasteiger partial charge >= 0.3 is 5.97 Å². The summed E-state index contributed by atoms with van der Waals surface area (Å²) in [5.41, 5.74) is 3.92. The van der Waals surface area contributed by atoms with E-state index in [1.807, 2.05) is 47.9 Å². The summed E-state index contributed by atoms with van der Waals surface area (Å²) in [4.78, 5) is 28.2. The van der Waals surface area contributed by atoms with Crippen LogP contribution < -0.4 is 5.32 Å². The van der Waals surface area contributed by atoms with Gasteiger partial charge in [-0.15, -0.1) is 10.2 Å². The van der Waals surface area contributed by atoms with Gasteiger partial charge in [0, 0.05) is 29.3 Å². The molecule has 4 aromatic rings. The first-order valence-electron chi connectivity index (χ1n) is 10.1. The zero-order valence-electron chi connectivity index (χ0n) is 18.1. The van der Waals surface area contributed by atoms with Gasteiger partial charge in [-0.05, 0) is 55.5 Å². The standard InChI is InChI=1S/C24H21N5O3S/c1-16-3-9-20(10-4-16)29-22(17-11-13-25-14-12-17)27-28-24(29)33-15-21(30)26-19-7-5-18(6-8-19)23(31)32-2/h3-14H,15H2,1-2H3,(H,26,30). The summed E-state index contributed by atoms with van der Waals surface area (Å²) >= 11 is 1.29. The number of aryl methyl sites for hydroxylation is 1. The summed E-state index contributed by atoms with van der Waals surface area (Å²) in [6.45, 7) is 2.03. The van der Waals surface area contributed by atoms with E-state index in [2.05, 4.69) is 25.2 Å². The molecular formula is C24H21N5O3S. The molecule has 8 nitrogen and oxygen atoms in total. The van der Waals surface area contributed by atoms with Crippen molar-refractivity contribution in [3.8, 4) is 17.1 Å². The fraction of sp³-hybridized carbons (Fsp3) is 0.125. The molecule has 166 valence electrons. The van der Waals surface area contributed by atoms with E-state index in [1.165, 1.54) is 18.9 Å². The number of hydrogen-bond donors (Lipinski definition) is 1. The van der Waals surface area contributed by atoms with Gasteiger partial charge in [0.1, 0.15) is 0 Å². The average Bonchev–Trinajstić information content (AvgIpc) is 3.28. The lowest BCUT2D eigenvalue weighted by molar-refractivity contribution is -0.113. The van der Waals surface area contributed by atoms with Gasteiger partial charge in [-0.2, -0.15) is 0 Å². The van der Waals surface area contributed by atoms with Crippen molar-refractivity contribution >= 4 is 29.3 Å². The number of carbonyl (C=O) groups is 2. The van der Waals surface area contributed by atoms with Crippen LogP contribution in [-0.2, 0) is 9.53 Å². The Labute approximate surface area is 195 Å². The predicted molar refractivity (Wildman–Crippen MR) is 126 cm³/mol. The van der Waals surface area contributed by atoms with Gasteiger partial charge in [0.2, 0.25) is 5.91 Å². The molecule has 0 saturated heterocycles. The zero-order chi connectivity index (χ0) is 23.2. The largest absolute Gasteiger partial charge is 0.465 e. The van der Waals surface area contributed by atoms with Crippen molar-refractivity contribution in [2.24, 2.45) is 0 Å². The molecule has 0 fully saturated rings. The zero-order valence-corrected chi connectivity index (χ0v) is 18.9. The number of ether oxygens (including phenoxy) is 1. The Kier molecular flexibility index (Phi) is 6.80. The topological polar surface area (TPSA) is 99.0 Å². The van der Waals surface area contributed by atoms with Crippen molar-refractivity contribution in [3.05, 3.63) is 84.2 Å². The van der Waals surface area contributed by atoms with Crippen molar-refractivity contribution in [3.63, 3.8) is 0 Å². The fourth-order valence-electron chi connectivity index (χ4n) is 3.11. The second-order valence-electron chi connectivity index (χ2n) is 7.12. The van der Waals surface area contributed by atoms with Crippen LogP contribution in [0.15, 0.2) is 78.2 Å². The average molecular weight is 460 g/mol. The van der Waals surface area contributed by atoms with E-state index in [9.17, 15) is 9.59 Å². The van der Waals surface area contributed by atoms with Crippen LogP contribution in [0.2, 0.25) is 0 Å². The summed E-state index contributed by atoms with van der Waals surface area (Å²) in [5, 5.41) is 12.1. The molecule has 0 aliphatic heterocycles. The number of nitrogens with one attached hydrogen (secondary N) is 1. The van der Waals surface area contributed by atoms with E-state index in [0.29, 0.717) is 22.2 Å². The molecule has 2 aromatic heterocycles. The predicted octanol–water partition coefficient (Wildman–Crippen LogP) is 4.16. The number of amides is 1. The number of hydrogen-bond acceptors (Lipinski definition) is 7. The van der Waals surface area contributed by atoms with E-state index < -0.39 is 5.97 Å². The highest BCUT2D eigenvalue weighted by atomic mass is 32.2. The second-order valence-corrected chi connectivity index (χ2v) is 8.06. The molecule has 0 aliphatic rings. The highest BCUT2D eigenvalue weighted by molar-refractivity contribution is 7.99. The summed E-state index contributed by atoms with van der Waals surface area (Å²) < 4.78 is 6.61. The van der Waals surface area contributed by atoms with Crippen LogP contribution >= 0.6 is 11.8 Å². The highest BCUT2D eigenvalue weighted by Crippen LogP contribution is 2.28. The normalized spacial score (nSPS) is 10.6. The quantitative estimate of drug-likeness (QED) is 0.327. The number of nitrogens with zero attached hydrogens (tertiary/aromatic N) is 4. The molecule has 4 rings (SSSR count). The number of methoxy groups -OCH3 is 1. The minimum absolute atomic E-state index is 0.138. The number of anilines is 1. The number of rotatable bonds is 7. The van der Waals surface area contributed by atoms with Crippen LogP contribution in [0.25, 0.3) is 17.1 Å². The van der Waals surface area contributed by atoms with E-state index in [0.717, 1.165) is 16.8 Å². The summed E-state index contributed by atoms with van der Waals surface area (Å²) in [5.74, 6) is 0.181. The Bertz CT molecular complexity index is 1260. The molecule has 0 atom stereocenters. The minimum Gasteiger partial charge on any atom is -0.465 e. The van der Waals surface area contributed by atoms with E-state index in [4.69, 9.17) is 0 Å². The van der Waals surface area contributed by atoms with Crippen LogP contribution in [0, 0.1) is 6.92 Å². The first-order chi connectivity index (χ1) is 16.0. The third-order valence-electron chi connectivity index (χ3n) is 4.79. The molecule has 1 N–H and O–H groups in total. The fourth-order valence-corrected chi connectivity index (χ4v) is 3.86. The van der Waals surface area contributed by atoms with Gasteiger partial charge in [-0.3, -0.25) is 14.3 Å². The van der Waals surface area contributed by atoms with Crippen molar-refractivity contribution in [1.29, 1.82) is 0 Å². The first-order valence-corrected chi connectivity index (χ1v) is 11.1. The molecule has 0 saturated carbocycles. The van der Waals surface area contributed by atoms with Crippen molar-refractivity contribution in [2.45, 2.75) is 12.1 Å². The maximum atomic E-state index is 12.5. The van der Waals surface area contributed by atoms with E-state index in [-0.39, 0.29) is 11.7 Å². The van der Waals surface area contributed by atoms with E-state index >= 15 is 0 Å². The molecule has 9 heteroatoms. The molecule has 33 heavy (non-hydrogen) atoms. The van der Waals surface area contributed by atoms with Crippen LogP contribution in [0.1, 0.15) is 15.9 Å². The van der Waals surface area contributed by atoms with Crippen molar-refractivity contribution in [1.82, 2.24) is 19.7 Å². The molecule has 0 bridgehead atoms. The second kappa shape index (κ2) is 10.1. The number of benzene rings is 2. The number of pyridine rings is 1. The highest BCUT2D eigenvalue weighted by Gasteiger charge is 2.17. The van der Waals surface area contributed by atoms with Crippen LogP contribution in [0.5, 0.6) is 0 Å². The van der Waals surface area contributed by atoms with Gasteiger partial charge in [-0.25, -0.2) is 4.79 Å². The number of esters is 1. The number of thioether (sulfide) groups is 1. The molecule has 0 spiro atoms.